The Bertz CT molecular complexity index is 1650. The van der Waals surface area contributed by atoms with E-state index in [4.69, 9.17) is 19.5 Å². The van der Waals surface area contributed by atoms with Crippen molar-refractivity contribution in [1.29, 1.82) is 0 Å². The summed E-state index contributed by atoms with van der Waals surface area (Å²) in [6.07, 6.45) is 0. The second kappa shape index (κ2) is 31.6. The van der Waals surface area contributed by atoms with Gasteiger partial charge in [0.25, 0.3) is 0 Å². The summed E-state index contributed by atoms with van der Waals surface area (Å²) in [5, 5.41) is 18.7. The van der Waals surface area contributed by atoms with Crippen LogP contribution in [0.3, 0.4) is 0 Å². The van der Waals surface area contributed by atoms with Gasteiger partial charge in [-0.1, -0.05) is 164 Å². The van der Waals surface area contributed by atoms with Crippen molar-refractivity contribution < 1.29 is 118 Å². The molecule has 10 heteroatoms. The monoisotopic (exact) mass is 1030 g/mol. The zero-order valence-electron chi connectivity index (χ0n) is 35.3. The van der Waals surface area contributed by atoms with Crippen LogP contribution in [0.2, 0.25) is 0 Å². The van der Waals surface area contributed by atoms with Crippen molar-refractivity contribution in [3.05, 3.63) is 132 Å². The molecule has 0 unspecified atom stereocenters. The van der Waals surface area contributed by atoms with E-state index >= 15 is 0 Å². The van der Waals surface area contributed by atoms with Crippen molar-refractivity contribution >= 4 is 39.4 Å². The first-order valence-electron chi connectivity index (χ1n) is 17.1. The molecule has 0 atom stereocenters. The van der Waals surface area contributed by atoms with Crippen molar-refractivity contribution in [3.63, 3.8) is 0 Å². The van der Waals surface area contributed by atoms with Crippen LogP contribution in [0.25, 0.3) is 10.9 Å². The maximum Gasteiger partial charge on any atom is 0.488 e. The van der Waals surface area contributed by atoms with Crippen molar-refractivity contribution in [1.82, 2.24) is 4.98 Å². The summed E-state index contributed by atoms with van der Waals surface area (Å²) in [5.74, 6) is 3.36. The van der Waals surface area contributed by atoms with Gasteiger partial charge in [-0.3, -0.25) is 4.98 Å². The number of hydrogen-bond donors (Lipinski definition) is 2. The predicted octanol–water partition coefficient (Wildman–Crippen LogP) is 11.0. The quantitative estimate of drug-likeness (QED) is 0.139. The van der Waals surface area contributed by atoms with Crippen LogP contribution in [-0.4, -0.2) is 42.2 Å². The van der Waals surface area contributed by atoms with Crippen LogP contribution in [0, 0.1) is 12.3 Å². The maximum atomic E-state index is 8.74. The van der Waals surface area contributed by atoms with Crippen LogP contribution >= 0.6 is 15.9 Å². The van der Waals surface area contributed by atoms with Gasteiger partial charge in [-0.2, -0.15) is 0 Å². The number of nitrogens with zero attached hydrogens (tertiary/aromatic N) is 1. The smallest absolute Gasteiger partial charge is 0.488 e. The minimum atomic E-state index is -1.43. The number of rotatable bonds is 3. The molecule has 3 radical (unpaired) electrons. The first-order valence-corrected chi connectivity index (χ1v) is 18.7. The molecule has 0 fully saturated rings. The molecule has 4 aromatic carbocycles. The Labute approximate surface area is 412 Å². The van der Waals surface area contributed by atoms with Gasteiger partial charge < -0.3 is 19.5 Å². The molecule has 1 heterocycles. The minimum Gasteiger partial charge on any atom is -0.497 e. The summed E-state index contributed by atoms with van der Waals surface area (Å²) in [4.78, 5) is 4.65. The fourth-order valence-corrected chi connectivity index (χ4v) is 3.97. The van der Waals surface area contributed by atoms with Crippen molar-refractivity contribution in [3.8, 4) is 11.5 Å². The van der Waals surface area contributed by atoms with Crippen LogP contribution in [0.4, 0.5) is 0 Å². The largest absolute Gasteiger partial charge is 0.497 e. The first-order chi connectivity index (χ1) is 23.7. The second-order valence-corrected chi connectivity index (χ2v) is 15.4. The molecule has 2 N–H and O–H groups in total. The minimum absolute atomic E-state index is 0. The zero-order chi connectivity index (χ0) is 39.3. The average molecular weight is 1030 g/mol. The second-order valence-electron chi connectivity index (χ2n) is 15.4. The third kappa shape index (κ3) is 29.0. The Hall–Kier alpha value is -0.333. The normalized spacial score (nSPS) is 9.87. The molecule has 0 saturated heterocycles. The van der Waals surface area contributed by atoms with Crippen LogP contribution in [0.5, 0.6) is 11.5 Å². The van der Waals surface area contributed by atoms with E-state index in [1.807, 2.05) is 49.2 Å². The molecule has 0 aliphatic heterocycles. The standard InChI is InChI=1S/C13H15N.C10H14.C8H10O.C7H9BO3.C5H12.CH3Br.3Y/c1-13(2,3)12-9-8-10-6-4-5-7-11(10)14-12;1-10(2,3)9-7-5-4-6-8-9;1-7-4-3-5-8(6-7)9-2;1-11-7-4-2-3-6(5-7)8(9)10;1-5(2,3)4;1-2;;;/h4-9H,1-3H3;4-8H,1-3H3;3-6H,1-2H3;2-5,9-10H,1H3;1-4H3;1H3;;;. The van der Waals surface area contributed by atoms with E-state index in [1.165, 1.54) is 23.6 Å². The van der Waals surface area contributed by atoms with Crippen LogP contribution < -0.4 is 14.9 Å². The van der Waals surface area contributed by atoms with Gasteiger partial charge in [0.1, 0.15) is 11.5 Å². The third-order valence-corrected chi connectivity index (χ3v) is 6.62. The number of halogens is 1. The Balaban J connectivity index is -0.000000290. The van der Waals surface area contributed by atoms with Crippen LogP contribution in [0.15, 0.2) is 115 Å². The van der Waals surface area contributed by atoms with Gasteiger partial charge in [0.15, 0.2) is 0 Å². The fourth-order valence-electron chi connectivity index (χ4n) is 3.97. The van der Waals surface area contributed by atoms with Crippen molar-refractivity contribution in [2.24, 2.45) is 5.41 Å². The van der Waals surface area contributed by atoms with Crippen molar-refractivity contribution in [2.75, 3.05) is 20.1 Å². The van der Waals surface area contributed by atoms with E-state index in [2.05, 4.69) is 145 Å². The van der Waals surface area contributed by atoms with E-state index < -0.39 is 7.12 Å². The molecule has 5 aromatic rings. The molecule has 5 nitrogen and oxygen atoms in total. The average Bonchev–Trinajstić information content (AvgIpc) is 3.08. The molecular weight excluding hydrogens is 964 g/mol. The molecular formula is C44H63BBrNO4Y3. The van der Waals surface area contributed by atoms with Gasteiger partial charge in [0, 0.05) is 115 Å². The summed E-state index contributed by atoms with van der Waals surface area (Å²) >= 11 is 2.94. The summed E-state index contributed by atoms with van der Waals surface area (Å²) in [5.41, 5.74) is 6.22. The van der Waals surface area contributed by atoms with E-state index in [0.717, 1.165) is 17.0 Å². The summed E-state index contributed by atoms with van der Waals surface area (Å²) in [7, 11) is 1.78. The number of ether oxygens (including phenoxy) is 2. The molecule has 0 aliphatic rings. The number of alkyl halides is 1. The fraction of sp³-hybridized carbons (Fsp3) is 0.386. The number of fused-ring (bicyclic) bond motifs is 1. The zero-order valence-corrected chi connectivity index (χ0v) is 45.4. The molecule has 287 valence electrons. The Morgan fingerprint density at radius 2 is 1.02 bits per heavy atom. The Morgan fingerprint density at radius 1 is 0.556 bits per heavy atom. The molecule has 0 bridgehead atoms. The first kappa shape index (κ1) is 60.3. The number of benzene rings is 4. The summed E-state index contributed by atoms with van der Waals surface area (Å²) in [6.45, 7) is 24.0. The summed E-state index contributed by atoms with van der Waals surface area (Å²) < 4.78 is 9.88. The van der Waals surface area contributed by atoms with Crippen molar-refractivity contribution in [2.45, 2.75) is 87.0 Å². The maximum absolute atomic E-state index is 8.74. The molecule has 5 rings (SSSR count). The number of aromatic nitrogens is 1. The molecule has 1 aromatic heterocycles. The van der Waals surface area contributed by atoms with E-state index in [0.29, 0.717) is 22.0 Å². The molecule has 0 spiro atoms. The van der Waals surface area contributed by atoms with Gasteiger partial charge in [0.05, 0.1) is 19.7 Å². The Morgan fingerprint density at radius 3 is 1.43 bits per heavy atom. The number of pyridine rings is 1. The number of para-hydroxylation sites is 1. The predicted molar refractivity (Wildman–Crippen MR) is 226 cm³/mol. The van der Waals surface area contributed by atoms with Crippen LogP contribution in [0.1, 0.15) is 86.1 Å². The third-order valence-electron chi connectivity index (χ3n) is 6.62. The van der Waals surface area contributed by atoms with Gasteiger partial charge >= 0.3 is 7.12 Å². The van der Waals surface area contributed by atoms with E-state index in [-0.39, 0.29) is 104 Å². The van der Waals surface area contributed by atoms with E-state index in [9.17, 15) is 0 Å². The van der Waals surface area contributed by atoms with Gasteiger partial charge in [0.2, 0.25) is 0 Å². The van der Waals surface area contributed by atoms with E-state index in [1.54, 1.807) is 31.4 Å². The van der Waals surface area contributed by atoms with Gasteiger partial charge in [-0.05, 0) is 76.6 Å². The summed E-state index contributed by atoms with van der Waals surface area (Å²) in [6, 6.07) is 37.6. The molecule has 0 aliphatic carbocycles. The topological polar surface area (TPSA) is 71.8 Å². The number of hydrogen-bond acceptors (Lipinski definition) is 5. The molecule has 0 amide bonds. The number of methoxy groups -OCH3 is 2. The van der Waals surface area contributed by atoms with Crippen LogP contribution in [-0.2, 0) is 109 Å². The molecule has 54 heavy (non-hydrogen) atoms. The van der Waals surface area contributed by atoms with Gasteiger partial charge in [-0.25, -0.2) is 0 Å². The number of aryl methyl sites for hydroxylation is 1. The SMILES string of the molecule is CBr.CC(C)(C)C.CC(C)(C)c1ccc2ccccc2n1.CC(C)(C)c1ccccc1.COc1cccc(B(O)O)c1.COc1cccc(C)c1.[Y].[Y].[Y]. The molecule has 0 saturated carbocycles. The Kier molecular flexibility index (Phi) is 35.4. The van der Waals surface area contributed by atoms with Gasteiger partial charge in [-0.15, -0.1) is 0 Å².